The number of likely N-dealkylation sites (tertiary alicyclic amines) is 2. The van der Waals surface area contributed by atoms with Crippen LogP contribution in [-0.4, -0.2) is 52.1 Å². The Hall–Kier alpha value is -2.21. The molecule has 2 fully saturated rings. The van der Waals surface area contributed by atoms with Crippen LogP contribution in [0, 0.1) is 11.2 Å². The van der Waals surface area contributed by atoms with Gasteiger partial charge in [-0.05, 0) is 69.2 Å². The fourth-order valence-electron chi connectivity index (χ4n) is 5.54. The molecule has 3 aliphatic rings. The van der Waals surface area contributed by atoms with E-state index in [2.05, 4.69) is 15.1 Å². The minimum absolute atomic E-state index is 0.108. The SMILES string of the molecule is O=C(c1n[nH]c2c1CCCC2)N1CC[C@@]2(CCCN(Cc3ccc(F)cc3)C2)C1. The van der Waals surface area contributed by atoms with Crippen LogP contribution in [0.25, 0.3) is 0 Å². The molecule has 5 nitrogen and oxygen atoms in total. The summed E-state index contributed by atoms with van der Waals surface area (Å²) in [6.45, 7) is 4.58. The predicted molar refractivity (Wildman–Crippen MR) is 109 cm³/mol. The van der Waals surface area contributed by atoms with Gasteiger partial charge in [-0.3, -0.25) is 14.8 Å². The van der Waals surface area contributed by atoms with E-state index >= 15 is 0 Å². The van der Waals surface area contributed by atoms with Gasteiger partial charge in [-0.15, -0.1) is 0 Å². The number of halogens is 1. The van der Waals surface area contributed by atoms with Gasteiger partial charge in [0.25, 0.3) is 5.91 Å². The molecule has 0 unspecified atom stereocenters. The zero-order valence-corrected chi connectivity index (χ0v) is 16.9. The van der Waals surface area contributed by atoms with E-state index in [1.807, 2.05) is 17.0 Å². The van der Waals surface area contributed by atoms with Crippen LogP contribution in [0.15, 0.2) is 24.3 Å². The van der Waals surface area contributed by atoms with Crippen LogP contribution in [0.5, 0.6) is 0 Å². The first kappa shape index (κ1) is 18.8. The molecule has 3 heterocycles. The lowest BCUT2D eigenvalue weighted by molar-refractivity contribution is 0.0670. The van der Waals surface area contributed by atoms with Crippen molar-refractivity contribution >= 4 is 5.91 Å². The van der Waals surface area contributed by atoms with E-state index in [4.69, 9.17) is 0 Å². The number of rotatable bonds is 3. The van der Waals surface area contributed by atoms with Gasteiger partial charge in [0.2, 0.25) is 0 Å². The summed E-state index contributed by atoms with van der Waals surface area (Å²) >= 11 is 0. The lowest BCUT2D eigenvalue weighted by Crippen LogP contribution is -2.45. The molecule has 154 valence electrons. The van der Waals surface area contributed by atoms with E-state index in [0.717, 1.165) is 81.6 Å². The maximum Gasteiger partial charge on any atom is 0.274 e. The highest BCUT2D eigenvalue weighted by molar-refractivity contribution is 5.94. The van der Waals surface area contributed by atoms with Crippen molar-refractivity contribution in [3.63, 3.8) is 0 Å². The number of aromatic amines is 1. The maximum absolute atomic E-state index is 13.2. The molecular formula is C23H29FN4O. The molecule has 2 aliphatic heterocycles. The predicted octanol–water partition coefficient (Wildman–Crippen LogP) is 3.56. The second kappa shape index (κ2) is 7.56. The van der Waals surface area contributed by atoms with E-state index in [1.54, 1.807) is 0 Å². The van der Waals surface area contributed by atoms with E-state index in [9.17, 15) is 9.18 Å². The summed E-state index contributed by atoms with van der Waals surface area (Å²) in [6.07, 6.45) is 7.70. The lowest BCUT2D eigenvalue weighted by atomic mass is 9.79. The molecule has 1 amide bonds. The fourth-order valence-corrected chi connectivity index (χ4v) is 5.54. The first-order valence-corrected chi connectivity index (χ1v) is 10.9. The number of H-pyrrole nitrogens is 1. The molecule has 0 saturated carbocycles. The van der Waals surface area contributed by atoms with E-state index in [-0.39, 0.29) is 17.1 Å². The Bertz CT molecular complexity index is 893. The van der Waals surface area contributed by atoms with Crippen molar-refractivity contribution in [2.24, 2.45) is 5.41 Å². The number of aryl methyl sites for hydroxylation is 1. The number of carbonyl (C=O) groups is 1. The van der Waals surface area contributed by atoms with Crippen molar-refractivity contribution in [1.29, 1.82) is 0 Å². The molecule has 1 spiro atoms. The molecular weight excluding hydrogens is 367 g/mol. The minimum Gasteiger partial charge on any atom is -0.337 e. The molecule has 0 radical (unpaired) electrons. The van der Waals surface area contributed by atoms with E-state index < -0.39 is 0 Å². The second-order valence-corrected chi connectivity index (χ2v) is 9.15. The van der Waals surface area contributed by atoms with Crippen molar-refractivity contribution in [2.75, 3.05) is 26.2 Å². The Morgan fingerprint density at radius 2 is 1.90 bits per heavy atom. The normalized spacial score (nSPS) is 24.8. The van der Waals surface area contributed by atoms with Gasteiger partial charge >= 0.3 is 0 Å². The number of amides is 1. The molecule has 29 heavy (non-hydrogen) atoms. The van der Waals surface area contributed by atoms with Crippen LogP contribution in [0.2, 0.25) is 0 Å². The number of carbonyl (C=O) groups excluding carboxylic acids is 1. The standard InChI is InChI=1S/C23H29FN4O/c24-18-8-6-17(7-9-18)14-27-12-3-10-23(15-27)11-13-28(16-23)22(29)21-19-4-1-2-5-20(19)25-26-21/h6-9H,1-5,10-16H2,(H,25,26)/t23-/m1/s1. The Kier molecular flexibility index (Phi) is 4.90. The molecule has 5 rings (SSSR count). The van der Waals surface area contributed by atoms with Gasteiger partial charge in [-0.25, -0.2) is 4.39 Å². The fraction of sp³-hybridized carbons (Fsp3) is 0.565. The van der Waals surface area contributed by atoms with Crippen LogP contribution in [-0.2, 0) is 19.4 Å². The van der Waals surface area contributed by atoms with Crippen molar-refractivity contribution in [3.05, 3.63) is 52.6 Å². The molecule has 2 aromatic rings. The highest BCUT2D eigenvalue weighted by atomic mass is 19.1. The van der Waals surface area contributed by atoms with Crippen molar-refractivity contribution in [1.82, 2.24) is 20.0 Å². The Morgan fingerprint density at radius 3 is 2.76 bits per heavy atom. The number of hydrogen-bond donors (Lipinski definition) is 1. The zero-order chi connectivity index (χ0) is 19.8. The summed E-state index contributed by atoms with van der Waals surface area (Å²) in [5.41, 5.74) is 4.32. The van der Waals surface area contributed by atoms with E-state index in [1.165, 1.54) is 25.0 Å². The third-order valence-electron chi connectivity index (χ3n) is 7.04. The summed E-state index contributed by atoms with van der Waals surface area (Å²) in [4.78, 5) is 17.7. The lowest BCUT2D eigenvalue weighted by Gasteiger charge is -2.40. The number of fused-ring (bicyclic) bond motifs is 1. The molecule has 0 bridgehead atoms. The molecule has 1 N–H and O–H groups in total. The second-order valence-electron chi connectivity index (χ2n) is 9.15. The quantitative estimate of drug-likeness (QED) is 0.863. The van der Waals surface area contributed by atoms with Crippen LogP contribution >= 0.6 is 0 Å². The molecule has 1 aromatic carbocycles. The maximum atomic E-state index is 13.2. The van der Waals surface area contributed by atoms with Crippen LogP contribution in [0.4, 0.5) is 4.39 Å². The summed E-state index contributed by atoms with van der Waals surface area (Å²) in [7, 11) is 0. The molecule has 1 aromatic heterocycles. The first-order valence-electron chi connectivity index (χ1n) is 10.9. The van der Waals surface area contributed by atoms with Crippen LogP contribution in [0.1, 0.15) is 59.4 Å². The summed E-state index contributed by atoms with van der Waals surface area (Å²) < 4.78 is 13.2. The third kappa shape index (κ3) is 3.70. The van der Waals surface area contributed by atoms with Gasteiger partial charge in [-0.2, -0.15) is 5.10 Å². The summed E-state index contributed by atoms with van der Waals surface area (Å²) in [5.74, 6) is -0.0775. The van der Waals surface area contributed by atoms with Gasteiger partial charge in [0.1, 0.15) is 5.82 Å². The van der Waals surface area contributed by atoms with Gasteiger partial charge in [0.15, 0.2) is 5.69 Å². The largest absolute Gasteiger partial charge is 0.337 e. The topological polar surface area (TPSA) is 52.2 Å². The summed E-state index contributed by atoms with van der Waals surface area (Å²) in [5, 5.41) is 7.50. The first-order chi connectivity index (χ1) is 14.1. The number of hydrogen-bond acceptors (Lipinski definition) is 3. The molecule has 6 heteroatoms. The zero-order valence-electron chi connectivity index (χ0n) is 16.9. The smallest absolute Gasteiger partial charge is 0.274 e. The molecule has 2 saturated heterocycles. The highest BCUT2D eigenvalue weighted by Gasteiger charge is 2.43. The van der Waals surface area contributed by atoms with Gasteiger partial charge < -0.3 is 4.90 Å². The van der Waals surface area contributed by atoms with Crippen LogP contribution < -0.4 is 0 Å². The van der Waals surface area contributed by atoms with Crippen molar-refractivity contribution in [3.8, 4) is 0 Å². The number of benzene rings is 1. The molecule has 1 aliphatic carbocycles. The van der Waals surface area contributed by atoms with Gasteiger partial charge in [-0.1, -0.05) is 12.1 Å². The number of piperidine rings is 1. The monoisotopic (exact) mass is 396 g/mol. The number of aromatic nitrogens is 2. The average Bonchev–Trinajstić information content (AvgIpc) is 3.34. The Labute approximate surface area is 171 Å². The van der Waals surface area contributed by atoms with Crippen molar-refractivity contribution in [2.45, 2.75) is 51.5 Å². The highest BCUT2D eigenvalue weighted by Crippen LogP contribution is 2.40. The summed E-state index contributed by atoms with van der Waals surface area (Å²) in [6, 6.07) is 6.83. The Morgan fingerprint density at radius 1 is 1.07 bits per heavy atom. The van der Waals surface area contributed by atoms with Crippen molar-refractivity contribution < 1.29 is 9.18 Å². The number of nitrogens with one attached hydrogen (secondary N) is 1. The molecule has 1 atom stereocenters. The van der Waals surface area contributed by atoms with Gasteiger partial charge in [0, 0.05) is 42.9 Å². The van der Waals surface area contributed by atoms with E-state index in [0.29, 0.717) is 5.69 Å². The van der Waals surface area contributed by atoms with Crippen LogP contribution in [0.3, 0.4) is 0 Å². The number of nitrogens with zero attached hydrogens (tertiary/aromatic N) is 3. The van der Waals surface area contributed by atoms with Gasteiger partial charge in [0.05, 0.1) is 0 Å². The Balaban J connectivity index is 1.26. The minimum atomic E-state index is -0.186. The average molecular weight is 397 g/mol. The third-order valence-corrected chi connectivity index (χ3v) is 7.04.